The van der Waals surface area contributed by atoms with Crippen LogP contribution in [0.25, 0.3) is 0 Å². The summed E-state index contributed by atoms with van der Waals surface area (Å²) in [5, 5.41) is 17.7. The van der Waals surface area contributed by atoms with Crippen LogP contribution < -0.4 is 10.6 Å². The number of aliphatic hydroxyl groups is 1. The molecule has 8 heteroatoms. The molecule has 0 aliphatic carbocycles. The van der Waals surface area contributed by atoms with E-state index in [1.807, 2.05) is 37.3 Å². The molecule has 0 radical (unpaired) electrons. The molecule has 31 heavy (non-hydrogen) atoms. The molecule has 2 aromatic rings. The number of aliphatic imine (C=N–C) groups is 1. The van der Waals surface area contributed by atoms with Crippen molar-refractivity contribution in [2.45, 2.75) is 31.9 Å². The minimum absolute atomic E-state index is 0. The Morgan fingerprint density at radius 1 is 1.19 bits per heavy atom. The van der Waals surface area contributed by atoms with Gasteiger partial charge in [-0.15, -0.1) is 24.0 Å². The predicted molar refractivity (Wildman–Crippen MR) is 134 cm³/mol. The quantitative estimate of drug-likeness (QED) is 0.257. The number of nitrogens with one attached hydrogen (secondary N) is 2. The van der Waals surface area contributed by atoms with Crippen LogP contribution in [0, 0.1) is 0 Å². The molecule has 0 spiro atoms. The molecule has 2 atom stereocenters. The lowest BCUT2D eigenvalue weighted by Crippen LogP contribution is -2.48. The van der Waals surface area contributed by atoms with Crippen LogP contribution in [0.1, 0.15) is 31.2 Å². The first-order valence-electron chi connectivity index (χ1n) is 10.7. The van der Waals surface area contributed by atoms with Crippen molar-refractivity contribution >= 4 is 29.9 Å². The molecule has 1 aliphatic rings. The van der Waals surface area contributed by atoms with E-state index in [4.69, 9.17) is 14.1 Å². The lowest BCUT2D eigenvalue weighted by atomic mass is 10.1. The highest BCUT2D eigenvalue weighted by molar-refractivity contribution is 14.0. The largest absolute Gasteiger partial charge is 0.469 e. The van der Waals surface area contributed by atoms with Gasteiger partial charge in [0.2, 0.25) is 0 Å². The molecule has 2 unspecified atom stereocenters. The molecule has 1 aliphatic heterocycles. The first kappa shape index (κ1) is 25.6. The summed E-state index contributed by atoms with van der Waals surface area (Å²) < 4.78 is 10.8. The topological polar surface area (TPSA) is 82.3 Å². The Hall–Kier alpha value is -1.62. The van der Waals surface area contributed by atoms with Gasteiger partial charge < -0.3 is 24.9 Å². The second-order valence-electron chi connectivity index (χ2n) is 8.08. The van der Waals surface area contributed by atoms with Crippen LogP contribution in [0.3, 0.4) is 0 Å². The van der Waals surface area contributed by atoms with Crippen molar-refractivity contribution in [3.8, 4) is 0 Å². The lowest BCUT2D eigenvalue weighted by Gasteiger charge is -2.33. The van der Waals surface area contributed by atoms with E-state index in [0.29, 0.717) is 25.6 Å². The van der Waals surface area contributed by atoms with Crippen LogP contribution in [-0.2, 0) is 11.2 Å². The summed E-state index contributed by atoms with van der Waals surface area (Å²) in [6.45, 7) is 8.64. The molecule has 0 amide bonds. The number of furan rings is 1. The van der Waals surface area contributed by atoms with E-state index in [2.05, 4.69) is 34.6 Å². The summed E-state index contributed by atoms with van der Waals surface area (Å²) in [5.41, 5.74) is 0.265. The summed E-state index contributed by atoms with van der Waals surface area (Å²) in [4.78, 5) is 6.93. The fourth-order valence-electron chi connectivity index (χ4n) is 3.48. The van der Waals surface area contributed by atoms with Gasteiger partial charge >= 0.3 is 0 Å². The van der Waals surface area contributed by atoms with Gasteiger partial charge in [0.05, 0.1) is 37.7 Å². The van der Waals surface area contributed by atoms with Crippen LogP contribution >= 0.6 is 24.0 Å². The SMILES string of the molecule is CC(NC(=NCC(C)(O)CN1CCOCC1)NCCc1ccco1)c1ccccc1.I. The Morgan fingerprint density at radius 2 is 1.94 bits per heavy atom. The number of morpholine rings is 1. The first-order valence-corrected chi connectivity index (χ1v) is 10.7. The van der Waals surface area contributed by atoms with Gasteiger partial charge in [0.1, 0.15) is 5.76 Å². The molecule has 172 valence electrons. The second kappa shape index (κ2) is 13.0. The molecule has 0 bridgehead atoms. The third-order valence-electron chi connectivity index (χ3n) is 5.14. The van der Waals surface area contributed by atoms with Crippen molar-refractivity contribution in [1.29, 1.82) is 0 Å². The summed E-state index contributed by atoms with van der Waals surface area (Å²) in [5.74, 6) is 1.61. The van der Waals surface area contributed by atoms with E-state index in [0.717, 1.165) is 38.5 Å². The third kappa shape index (κ3) is 9.18. The smallest absolute Gasteiger partial charge is 0.191 e. The predicted octanol–water partition coefficient (Wildman–Crippen LogP) is 2.82. The molecule has 1 aromatic carbocycles. The van der Waals surface area contributed by atoms with Gasteiger partial charge in [0.25, 0.3) is 0 Å². The van der Waals surface area contributed by atoms with Gasteiger partial charge in [-0.05, 0) is 31.5 Å². The van der Waals surface area contributed by atoms with Gasteiger partial charge in [0.15, 0.2) is 5.96 Å². The van der Waals surface area contributed by atoms with Crippen molar-refractivity contribution in [2.24, 2.45) is 4.99 Å². The monoisotopic (exact) mass is 542 g/mol. The number of benzene rings is 1. The zero-order valence-electron chi connectivity index (χ0n) is 18.4. The second-order valence-corrected chi connectivity index (χ2v) is 8.08. The summed E-state index contributed by atoms with van der Waals surface area (Å²) in [6, 6.07) is 14.2. The number of guanidine groups is 1. The van der Waals surface area contributed by atoms with Crippen LogP contribution in [-0.4, -0.2) is 67.5 Å². The molecular formula is C23H35IN4O3. The average molecular weight is 542 g/mol. The van der Waals surface area contributed by atoms with Gasteiger partial charge in [-0.1, -0.05) is 30.3 Å². The summed E-state index contributed by atoms with van der Waals surface area (Å²) in [7, 11) is 0. The van der Waals surface area contributed by atoms with Crippen molar-refractivity contribution in [3.05, 3.63) is 60.1 Å². The standard InChI is InChI=1S/C23H34N4O3.HI/c1-19(20-7-4-3-5-8-20)26-22(24-11-10-21-9-6-14-30-21)25-17-23(2,28)18-27-12-15-29-16-13-27;/h3-9,14,19,28H,10-13,15-18H2,1-2H3,(H2,24,25,26);1H. The van der Waals surface area contributed by atoms with E-state index in [-0.39, 0.29) is 30.0 Å². The van der Waals surface area contributed by atoms with Gasteiger partial charge in [-0.3, -0.25) is 9.89 Å². The zero-order valence-corrected chi connectivity index (χ0v) is 20.7. The van der Waals surface area contributed by atoms with E-state index >= 15 is 0 Å². The lowest BCUT2D eigenvalue weighted by molar-refractivity contribution is -0.0180. The molecular weight excluding hydrogens is 507 g/mol. The Morgan fingerprint density at radius 3 is 2.61 bits per heavy atom. The van der Waals surface area contributed by atoms with Crippen LogP contribution in [0.2, 0.25) is 0 Å². The third-order valence-corrected chi connectivity index (χ3v) is 5.14. The van der Waals surface area contributed by atoms with Gasteiger partial charge in [-0.2, -0.15) is 0 Å². The van der Waals surface area contributed by atoms with Crippen LogP contribution in [0.15, 0.2) is 58.1 Å². The van der Waals surface area contributed by atoms with Crippen LogP contribution in [0.4, 0.5) is 0 Å². The number of ether oxygens (including phenoxy) is 1. The number of halogens is 1. The Labute approximate surface area is 202 Å². The Bertz CT molecular complexity index is 762. The van der Waals surface area contributed by atoms with Gasteiger partial charge in [-0.25, -0.2) is 0 Å². The molecule has 7 nitrogen and oxygen atoms in total. The van der Waals surface area contributed by atoms with Crippen molar-refractivity contribution in [3.63, 3.8) is 0 Å². The fraction of sp³-hybridized carbons (Fsp3) is 0.522. The zero-order chi connectivity index (χ0) is 21.2. The Kier molecular flexibility index (Phi) is 10.8. The molecule has 3 rings (SSSR count). The van der Waals surface area contributed by atoms with Gasteiger partial charge in [0, 0.05) is 32.6 Å². The average Bonchev–Trinajstić information content (AvgIpc) is 3.26. The number of rotatable bonds is 9. The highest BCUT2D eigenvalue weighted by Crippen LogP contribution is 2.12. The highest BCUT2D eigenvalue weighted by atomic mass is 127. The maximum Gasteiger partial charge on any atom is 0.191 e. The van der Waals surface area contributed by atoms with Crippen molar-refractivity contribution in [1.82, 2.24) is 15.5 Å². The fourth-order valence-corrected chi connectivity index (χ4v) is 3.48. The molecule has 2 heterocycles. The van der Waals surface area contributed by atoms with Crippen molar-refractivity contribution in [2.75, 3.05) is 45.9 Å². The van der Waals surface area contributed by atoms with E-state index in [1.165, 1.54) is 5.56 Å². The summed E-state index contributed by atoms with van der Waals surface area (Å²) in [6.07, 6.45) is 2.44. The molecule has 1 aromatic heterocycles. The number of hydrogen-bond donors (Lipinski definition) is 3. The minimum Gasteiger partial charge on any atom is -0.469 e. The van der Waals surface area contributed by atoms with Crippen LogP contribution in [0.5, 0.6) is 0 Å². The molecule has 0 saturated carbocycles. The molecule has 3 N–H and O–H groups in total. The number of β-amino-alcohol motifs (C(OH)–C–C–N with tert-alkyl or cyclic N) is 1. The molecule has 1 fully saturated rings. The van der Waals surface area contributed by atoms with Crippen molar-refractivity contribution < 1.29 is 14.3 Å². The minimum atomic E-state index is -0.914. The number of nitrogens with zero attached hydrogens (tertiary/aromatic N) is 2. The molecule has 1 saturated heterocycles. The maximum atomic E-state index is 10.9. The summed E-state index contributed by atoms with van der Waals surface area (Å²) >= 11 is 0. The maximum absolute atomic E-state index is 10.9. The van der Waals surface area contributed by atoms with E-state index < -0.39 is 5.60 Å². The number of hydrogen-bond acceptors (Lipinski definition) is 5. The van der Waals surface area contributed by atoms with E-state index in [9.17, 15) is 5.11 Å². The normalized spacial score (nSPS) is 18.0. The first-order chi connectivity index (χ1) is 14.5. The Balaban J connectivity index is 0.00000341. The highest BCUT2D eigenvalue weighted by Gasteiger charge is 2.25. The van der Waals surface area contributed by atoms with E-state index in [1.54, 1.807) is 6.26 Å².